The second kappa shape index (κ2) is 6.42. The Morgan fingerprint density at radius 1 is 1.19 bits per heavy atom. The molecule has 2 aliphatic heterocycles. The number of benzene rings is 1. The molecule has 6 heteroatoms. The molecule has 0 bridgehead atoms. The van der Waals surface area contributed by atoms with Crippen molar-refractivity contribution in [2.24, 2.45) is 0 Å². The highest BCUT2D eigenvalue weighted by molar-refractivity contribution is 6.62. The maximum atomic E-state index is 12.4. The van der Waals surface area contributed by atoms with E-state index in [4.69, 9.17) is 14.0 Å². The smallest absolute Gasteiger partial charge is 0.399 e. The van der Waals surface area contributed by atoms with Crippen LogP contribution in [-0.2, 0) is 18.8 Å². The number of likely N-dealkylation sites (tertiary alicyclic amines) is 1. The van der Waals surface area contributed by atoms with Gasteiger partial charge >= 0.3 is 7.12 Å². The Labute approximate surface area is 156 Å². The first-order chi connectivity index (χ1) is 12.1. The SMILES string of the molecule is CO[C@@]1(C#Cc2cccc(B3OC(C)(C)C(C)(C)O3)c2)CCN(C)C1=O. The third-order valence-corrected chi connectivity index (χ3v) is 5.66. The topological polar surface area (TPSA) is 48.0 Å². The standard InChI is InChI=1S/C20H26BNO4/c1-18(2)19(3,4)26-21(25-18)16-9-7-8-15(14-16)10-11-20(24-6)12-13-22(5)17(20)23/h7-9,14H,12-13H2,1-6H3/t20-/m0/s1. The number of nitrogens with zero attached hydrogens (tertiary/aromatic N) is 1. The Bertz CT molecular complexity index is 764. The van der Waals surface area contributed by atoms with Crippen LogP contribution < -0.4 is 5.46 Å². The Balaban J connectivity index is 1.85. The number of likely N-dealkylation sites (N-methyl/N-ethyl adjacent to an activating group) is 1. The molecule has 0 aliphatic carbocycles. The summed E-state index contributed by atoms with van der Waals surface area (Å²) in [6.07, 6.45) is 0.572. The van der Waals surface area contributed by atoms with Gasteiger partial charge in [-0.1, -0.05) is 24.0 Å². The lowest BCUT2D eigenvalue weighted by Crippen LogP contribution is -2.41. The summed E-state index contributed by atoms with van der Waals surface area (Å²) < 4.78 is 17.7. The normalized spacial score (nSPS) is 26.8. The first-order valence-electron chi connectivity index (χ1n) is 8.90. The zero-order valence-electron chi connectivity index (χ0n) is 16.4. The fourth-order valence-electron chi connectivity index (χ4n) is 3.11. The van der Waals surface area contributed by atoms with Gasteiger partial charge in [0.1, 0.15) is 0 Å². The number of carbonyl (C=O) groups is 1. The summed E-state index contributed by atoms with van der Waals surface area (Å²) in [5.41, 5.74) is -0.108. The van der Waals surface area contributed by atoms with Gasteiger partial charge in [0.25, 0.3) is 5.91 Å². The Morgan fingerprint density at radius 2 is 1.85 bits per heavy atom. The lowest BCUT2D eigenvalue weighted by molar-refractivity contribution is -0.139. The minimum absolute atomic E-state index is 0.0883. The fraction of sp³-hybridized carbons (Fsp3) is 0.550. The van der Waals surface area contributed by atoms with Crippen LogP contribution in [0.5, 0.6) is 0 Å². The van der Waals surface area contributed by atoms with E-state index in [0.29, 0.717) is 13.0 Å². The molecule has 2 saturated heterocycles. The molecular formula is C20H26BNO4. The van der Waals surface area contributed by atoms with Crippen LogP contribution in [0.3, 0.4) is 0 Å². The molecule has 26 heavy (non-hydrogen) atoms. The molecule has 1 atom stereocenters. The summed E-state index contributed by atoms with van der Waals surface area (Å²) in [6.45, 7) is 8.76. The van der Waals surface area contributed by atoms with Gasteiger partial charge in [-0.2, -0.15) is 0 Å². The molecule has 138 valence electrons. The zero-order chi connectivity index (χ0) is 19.2. The van der Waals surface area contributed by atoms with Gasteiger partial charge in [0.15, 0.2) is 0 Å². The first kappa shape index (κ1) is 19.0. The van der Waals surface area contributed by atoms with Crippen molar-refractivity contribution in [2.75, 3.05) is 20.7 Å². The average Bonchev–Trinajstić information content (AvgIpc) is 3.00. The van der Waals surface area contributed by atoms with E-state index < -0.39 is 12.7 Å². The van der Waals surface area contributed by atoms with Crippen LogP contribution >= 0.6 is 0 Å². The van der Waals surface area contributed by atoms with Gasteiger partial charge in [-0.3, -0.25) is 4.79 Å². The number of amides is 1. The Hall–Kier alpha value is -1.81. The van der Waals surface area contributed by atoms with Crippen LogP contribution in [0.4, 0.5) is 0 Å². The monoisotopic (exact) mass is 355 g/mol. The summed E-state index contributed by atoms with van der Waals surface area (Å²) in [4.78, 5) is 14.0. The van der Waals surface area contributed by atoms with Gasteiger partial charge in [-0.05, 0) is 45.3 Å². The number of hydrogen-bond acceptors (Lipinski definition) is 4. The van der Waals surface area contributed by atoms with E-state index in [-0.39, 0.29) is 17.1 Å². The number of methoxy groups -OCH3 is 1. The minimum atomic E-state index is -1.05. The number of ether oxygens (including phenoxy) is 1. The van der Waals surface area contributed by atoms with Crippen molar-refractivity contribution >= 4 is 18.5 Å². The lowest BCUT2D eigenvalue weighted by atomic mass is 9.78. The van der Waals surface area contributed by atoms with Crippen LogP contribution in [-0.4, -0.2) is 55.4 Å². The molecule has 5 nitrogen and oxygen atoms in total. The number of hydrogen-bond donors (Lipinski definition) is 0. The third kappa shape index (κ3) is 3.16. The van der Waals surface area contributed by atoms with Gasteiger partial charge < -0.3 is 18.9 Å². The van der Waals surface area contributed by atoms with E-state index in [2.05, 4.69) is 11.8 Å². The fourth-order valence-corrected chi connectivity index (χ4v) is 3.11. The molecule has 1 amide bonds. The number of rotatable bonds is 2. The molecule has 0 N–H and O–H groups in total. The van der Waals surface area contributed by atoms with Crippen molar-refractivity contribution in [2.45, 2.75) is 50.9 Å². The minimum Gasteiger partial charge on any atom is -0.399 e. The predicted octanol–water partition coefficient (Wildman–Crippen LogP) is 1.58. The van der Waals surface area contributed by atoms with Crippen molar-refractivity contribution in [1.82, 2.24) is 4.90 Å². The van der Waals surface area contributed by atoms with E-state index in [1.54, 1.807) is 11.9 Å². The molecule has 2 heterocycles. The zero-order valence-corrected chi connectivity index (χ0v) is 16.4. The number of carbonyl (C=O) groups excluding carboxylic acids is 1. The van der Waals surface area contributed by atoms with Gasteiger partial charge in [0, 0.05) is 32.7 Å². The molecule has 0 saturated carbocycles. The van der Waals surface area contributed by atoms with E-state index in [1.165, 1.54) is 7.11 Å². The molecule has 0 unspecified atom stereocenters. The molecule has 0 spiro atoms. The van der Waals surface area contributed by atoms with Crippen molar-refractivity contribution in [3.63, 3.8) is 0 Å². The Kier molecular flexibility index (Phi) is 4.68. The van der Waals surface area contributed by atoms with Gasteiger partial charge in [0.05, 0.1) is 11.2 Å². The second-order valence-electron chi connectivity index (χ2n) is 7.97. The van der Waals surface area contributed by atoms with E-state index >= 15 is 0 Å². The van der Waals surface area contributed by atoms with Crippen LogP contribution in [0.2, 0.25) is 0 Å². The maximum Gasteiger partial charge on any atom is 0.494 e. The van der Waals surface area contributed by atoms with Gasteiger partial charge in [-0.25, -0.2) is 0 Å². The summed E-state index contributed by atoms with van der Waals surface area (Å²) in [5, 5.41) is 0. The summed E-state index contributed by atoms with van der Waals surface area (Å²) in [5.74, 6) is 6.06. The first-order valence-corrected chi connectivity index (χ1v) is 8.90. The molecule has 2 fully saturated rings. The summed E-state index contributed by atoms with van der Waals surface area (Å²) >= 11 is 0. The molecule has 1 aromatic rings. The highest BCUT2D eigenvalue weighted by Gasteiger charge is 2.51. The Morgan fingerprint density at radius 3 is 2.38 bits per heavy atom. The van der Waals surface area contributed by atoms with E-state index in [1.807, 2.05) is 52.0 Å². The predicted molar refractivity (Wildman–Crippen MR) is 101 cm³/mol. The maximum absolute atomic E-state index is 12.4. The van der Waals surface area contributed by atoms with Gasteiger partial charge in [0.2, 0.25) is 5.60 Å². The van der Waals surface area contributed by atoms with Crippen molar-refractivity contribution in [3.8, 4) is 11.8 Å². The quantitative estimate of drug-likeness (QED) is 0.597. The highest BCUT2D eigenvalue weighted by atomic mass is 16.7. The third-order valence-electron chi connectivity index (χ3n) is 5.66. The molecule has 2 aliphatic rings. The second-order valence-corrected chi connectivity index (χ2v) is 7.97. The van der Waals surface area contributed by atoms with Crippen molar-refractivity contribution in [1.29, 1.82) is 0 Å². The molecular weight excluding hydrogens is 329 g/mol. The summed E-state index contributed by atoms with van der Waals surface area (Å²) in [6, 6.07) is 7.75. The van der Waals surface area contributed by atoms with Crippen molar-refractivity contribution in [3.05, 3.63) is 29.8 Å². The van der Waals surface area contributed by atoms with E-state index in [9.17, 15) is 4.79 Å². The van der Waals surface area contributed by atoms with Crippen LogP contribution in [0.1, 0.15) is 39.7 Å². The summed E-state index contributed by atoms with van der Waals surface area (Å²) in [7, 11) is 2.87. The van der Waals surface area contributed by atoms with Crippen LogP contribution in [0.15, 0.2) is 24.3 Å². The molecule has 0 radical (unpaired) electrons. The molecule has 0 aromatic heterocycles. The largest absolute Gasteiger partial charge is 0.494 e. The molecule has 3 rings (SSSR count). The van der Waals surface area contributed by atoms with Crippen LogP contribution in [0, 0.1) is 11.8 Å². The highest BCUT2D eigenvalue weighted by Crippen LogP contribution is 2.36. The van der Waals surface area contributed by atoms with Crippen molar-refractivity contribution < 1.29 is 18.8 Å². The lowest BCUT2D eigenvalue weighted by Gasteiger charge is -2.32. The molecule has 1 aromatic carbocycles. The van der Waals surface area contributed by atoms with Crippen LogP contribution in [0.25, 0.3) is 0 Å². The van der Waals surface area contributed by atoms with Gasteiger partial charge in [-0.15, -0.1) is 0 Å². The average molecular weight is 355 g/mol. The van der Waals surface area contributed by atoms with E-state index in [0.717, 1.165) is 11.0 Å².